The Hall–Kier alpha value is -1.98. The van der Waals surface area contributed by atoms with Crippen molar-refractivity contribution < 1.29 is 4.74 Å². The fourth-order valence-corrected chi connectivity index (χ4v) is 2.96. The van der Waals surface area contributed by atoms with E-state index in [0.717, 1.165) is 31.6 Å². The minimum atomic E-state index is 0.00342. The molecule has 1 aliphatic rings. The lowest BCUT2D eigenvalue weighted by Gasteiger charge is -2.22. The minimum Gasteiger partial charge on any atom is -0.376 e. The summed E-state index contributed by atoms with van der Waals surface area (Å²) >= 11 is 5.47. The highest BCUT2D eigenvalue weighted by atomic mass is 32.1. The van der Waals surface area contributed by atoms with Gasteiger partial charge in [0.05, 0.1) is 12.1 Å². The first-order valence-corrected chi connectivity index (χ1v) is 8.34. The smallest absolute Gasteiger partial charge is 0.167 e. The summed E-state index contributed by atoms with van der Waals surface area (Å²) < 4.78 is 5.62. The molecule has 2 aromatic rings. The summed E-state index contributed by atoms with van der Waals surface area (Å²) in [7, 11) is 0. The third-order valence-electron chi connectivity index (χ3n) is 3.96. The molecule has 3 rings (SSSR count). The highest BCUT2D eigenvalue weighted by Gasteiger charge is 2.18. The summed E-state index contributed by atoms with van der Waals surface area (Å²) in [5, 5.41) is 7.33. The second-order valence-electron chi connectivity index (χ2n) is 5.61. The van der Waals surface area contributed by atoms with Crippen LogP contribution in [0.4, 0.5) is 0 Å². The van der Waals surface area contributed by atoms with Crippen LogP contribution in [0.5, 0.6) is 0 Å². The van der Waals surface area contributed by atoms with Gasteiger partial charge in [0.1, 0.15) is 0 Å². The zero-order chi connectivity index (χ0) is 15.9. The van der Waals surface area contributed by atoms with Gasteiger partial charge in [0.25, 0.3) is 0 Å². The quantitative estimate of drug-likeness (QED) is 0.827. The van der Waals surface area contributed by atoms with Crippen LogP contribution in [0.15, 0.2) is 54.9 Å². The predicted molar refractivity (Wildman–Crippen MR) is 95.2 cm³/mol. The molecule has 4 nitrogen and oxygen atoms in total. The van der Waals surface area contributed by atoms with E-state index in [4.69, 9.17) is 17.0 Å². The molecule has 1 aliphatic heterocycles. The molecule has 0 radical (unpaired) electrons. The Labute approximate surface area is 142 Å². The normalized spacial score (nSPS) is 18.3. The van der Waals surface area contributed by atoms with Crippen LogP contribution in [0.2, 0.25) is 0 Å². The fraction of sp³-hybridized carbons (Fsp3) is 0.333. The van der Waals surface area contributed by atoms with Crippen molar-refractivity contribution in [3.05, 3.63) is 66.0 Å². The Balaban J connectivity index is 1.67. The third-order valence-corrected chi connectivity index (χ3v) is 4.22. The molecule has 2 atom stereocenters. The molecule has 2 N–H and O–H groups in total. The van der Waals surface area contributed by atoms with Crippen LogP contribution in [-0.2, 0) is 4.74 Å². The van der Waals surface area contributed by atoms with Crippen molar-refractivity contribution in [3.8, 4) is 0 Å². The molecule has 0 aliphatic carbocycles. The molecule has 2 heterocycles. The summed E-state index contributed by atoms with van der Waals surface area (Å²) in [6.45, 7) is 1.61. The first-order chi connectivity index (χ1) is 11.3. The number of rotatable bonds is 5. The van der Waals surface area contributed by atoms with Crippen LogP contribution in [-0.4, -0.2) is 29.4 Å². The van der Waals surface area contributed by atoms with Crippen LogP contribution in [0, 0.1) is 0 Å². The molecule has 0 amide bonds. The molecular weight excluding hydrogens is 306 g/mol. The number of pyridine rings is 1. The maximum atomic E-state index is 5.62. The molecule has 0 spiro atoms. The summed E-state index contributed by atoms with van der Waals surface area (Å²) in [5.74, 6) is 0. The SMILES string of the molecule is S=C(NC[C@@H]1CCCO1)N[C@H](c1ccccc1)c1ccncc1. The van der Waals surface area contributed by atoms with Crippen LogP contribution < -0.4 is 10.6 Å². The Kier molecular flexibility index (Phi) is 5.56. The number of thiocarbonyl (C=S) groups is 1. The Morgan fingerprint density at radius 3 is 2.61 bits per heavy atom. The predicted octanol–water partition coefficient (Wildman–Crippen LogP) is 2.81. The van der Waals surface area contributed by atoms with Gasteiger partial charge in [-0.25, -0.2) is 0 Å². The molecule has 1 saturated heterocycles. The molecule has 5 heteroatoms. The number of hydrogen-bond donors (Lipinski definition) is 2. The Morgan fingerprint density at radius 2 is 1.91 bits per heavy atom. The van der Waals surface area contributed by atoms with Gasteiger partial charge in [-0.15, -0.1) is 0 Å². The van der Waals surface area contributed by atoms with Crippen LogP contribution >= 0.6 is 12.2 Å². The van der Waals surface area contributed by atoms with Gasteiger partial charge in [-0.05, 0) is 48.3 Å². The summed E-state index contributed by atoms with van der Waals surface area (Å²) in [6.07, 6.45) is 6.11. The van der Waals surface area contributed by atoms with E-state index in [1.807, 2.05) is 30.3 Å². The second kappa shape index (κ2) is 8.04. The van der Waals surface area contributed by atoms with Gasteiger partial charge in [-0.3, -0.25) is 4.98 Å². The van der Waals surface area contributed by atoms with Gasteiger partial charge >= 0.3 is 0 Å². The number of aromatic nitrogens is 1. The van der Waals surface area contributed by atoms with Crippen molar-refractivity contribution >= 4 is 17.3 Å². The lowest BCUT2D eigenvalue weighted by atomic mass is 10.00. The van der Waals surface area contributed by atoms with E-state index >= 15 is 0 Å². The van der Waals surface area contributed by atoms with Crippen molar-refractivity contribution in [1.82, 2.24) is 15.6 Å². The molecule has 1 fully saturated rings. The molecule has 1 aromatic heterocycles. The van der Waals surface area contributed by atoms with E-state index in [1.165, 1.54) is 5.56 Å². The third kappa shape index (κ3) is 4.50. The van der Waals surface area contributed by atoms with E-state index in [2.05, 4.69) is 27.8 Å². The maximum Gasteiger partial charge on any atom is 0.167 e. The van der Waals surface area contributed by atoms with E-state index in [-0.39, 0.29) is 12.1 Å². The number of nitrogens with one attached hydrogen (secondary N) is 2. The first kappa shape index (κ1) is 15.9. The van der Waals surface area contributed by atoms with Crippen molar-refractivity contribution in [2.45, 2.75) is 25.0 Å². The van der Waals surface area contributed by atoms with E-state index in [9.17, 15) is 0 Å². The van der Waals surface area contributed by atoms with Crippen molar-refractivity contribution in [2.24, 2.45) is 0 Å². The second-order valence-corrected chi connectivity index (χ2v) is 6.02. The maximum absolute atomic E-state index is 5.62. The van der Waals surface area contributed by atoms with Crippen molar-refractivity contribution in [3.63, 3.8) is 0 Å². The van der Waals surface area contributed by atoms with Crippen LogP contribution in [0.25, 0.3) is 0 Å². The van der Waals surface area contributed by atoms with Gasteiger partial charge in [0, 0.05) is 25.5 Å². The lowest BCUT2D eigenvalue weighted by molar-refractivity contribution is 0.114. The van der Waals surface area contributed by atoms with Gasteiger partial charge in [-0.2, -0.15) is 0 Å². The largest absolute Gasteiger partial charge is 0.376 e. The van der Waals surface area contributed by atoms with E-state index in [0.29, 0.717) is 5.11 Å². The first-order valence-electron chi connectivity index (χ1n) is 7.94. The summed E-state index contributed by atoms with van der Waals surface area (Å²) in [4.78, 5) is 4.10. The molecule has 0 unspecified atom stereocenters. The molecule has 1 aromatic carbocycles. The Morgan fingerprint density at radius 1 is 1.17 bits per heavy atom. The molecular formula is C18H21N3OS. The summed E-state index contributed by atoms with van der Waals surface area (Å²) in [6, 6.07) is 14.3. The number of hydrogen-bond acceptors (Lipinski definition) is 3. The zero-order valence-electron chi connectivity index (χ0n) is 12.9. The summed E-state index contributed by atoms with van der Waals surface area (Å²) in [5.41, 5.74) is 2.30. The van der Waals surface area contributed by atoms with Gasteiger partial charge in [0.2, 0.25) is 0 Å². The Bertz CT molecular complexity index is 575. The topological polar surface area (TPSA) is 46.2 Å². The fourth-order valence-electron chi connectivity index (χ4n) is 2.75. The molecule has 23 heavy (non-hydrogen) atoms. The van der Waals surface area contributed by atoms with Gasteiger partial charge in [-0.1, -0.05) is 30.3 Å². The average molecular weight is 327 g/mol. The number of benzene rings is 1. The van der Waals surface area contributed by atoms with Crippen LogP contribution in [0.3, 0.4) is 0 Å². The highest BCUT2D eigenvalue weighted by molar-refractivity contribution is 7.80. The standard InChI is InChI=1S/C18H21N3OS/c23-18(20-13-16-7-4-12-22-16)21-17(14-5-2-1-3-6-14)15-8-10-19-11-9-15/h1-3,5-6,8-11,16-17H,4,7,12-13H2,(H2,20,21,23)/t16-,17+/m0/s1. The minimum absolute atomic E-state index is 0.00342. The van der Waals surface area contributed by atoms with E-state index < -0.39 is 0 Å². The van der Waals surface area contributed by atoms with E-state index in [1.54, 1.807) is 12.4 Å². The average Bonchev–Trinajstić information content (AvgIpc) is 3.13. The number of nitrogens with zero attached hydrogens (tertiary/aromatic N) is 1. The molecule has 0 saturated carbocycles. The monoisotopic (exact) mass is 327 g/mol. The number of ether oxygens (including phenoxy) is 1. The van der Waals surface area contributed by atoms with Crippen molar-refractivity contribution in [2.75, 3.05) is 13.2 Å². The zero-order valence-corrected chi connectivity index (χ0v) is 13.8. The van der Waals surface area contributed by atoms with Crippen LogP contribution in [0.1, 0.15) is 30.0 Å². The highest BCUT2D eigenvalue weighted by Crippen LogP contribution is 2.21. The van der Waals surface area contributed by atoms with Gasteiger partial charge in [0.15, 0.2) is 5.11 Å². The lowest BCUT2D eigenvalue weighted by Crippen LogP contribution is -2.41. The van der Waals surface area contributed by atoms with Crippen molar-refractivity contribution in [1.29, 1.82) is 0 Å². The van der Waals surface area contributed by atoms with Gasteiger partial charge < -0.3 is 15.4 Å². The molecule has 0 bridgehead atoms. The molecule has 120 valence electrons.